The van der Waals surface area contributed by atoms with Gasteiger partial charge in [0.1, 0.15) is 17.9 Å². The molecule has 0 saturated carbocycles. The number of ether oxygens (including phenoxy) is 1. The van der Waals surface area contributed by atoms with E-state index in [-0.39, 0.29) is 24.2 Å². The fraction of sp³-hybridized carbons (Fsp3) is 0.333. The van der Waals surface area contributed by atoms with Crippen LogP contribution >= 0.6 is 11.6 Å². The van der Waals surface area contributed by atoms with E-state index < -0.39 is 24.7 Å². The Morgan fingerprint density at radius 2 is 1.87 bits per heavy atom. The summed E-state index contributed by atoms with van der Waals surface area (Å²) < 4.78 is 37.9. The maximum Gasteiger partial charge on any atom is 0.407 e. The van der Waals surface area contributed by atoms with E-state index in [1.165, 1.54) is 10.9 Å². The number of rotatable bonds is 10. The predicted octanol–water partition coefficient (Wildman–Crippen LogP) is 5.23. The van der Waals surface area contributed by atoms with Gasteiger partial charge >= 0.3 is 6.09 Å². The molecule has 0 unspecified atom stereocenters. The highest BCUT2D eigenvalue weighted by molar-refractivity contribution is 6.31. The van der Waals surface area contributed by atoms with Gasteiger partial charge in [0.2, 0.25) is 0 Å². The molecular formula is C33H33ClF2N6O5. The van der Waals surface area contributed by atoms with Gasteiger partial charge in [-0.1, -0.05) is 48.0 Å². The molecule has 6 rings (SSSR count). The topological polar surface area (TPSA) is 128 Å². The van der Waals surface area contributed by atoms with E-state index in [0.29, 0.717) is 54.3 Å². The molecule has 0 atom stereocenters. The first-order chi connectivity index (χ1) is 22.6. The number of aromatic nitrogens is 4. The second-order valence-electron chi connectivity index (χ2n) is 11.7. The highest BCUT2D eigenvalue weighted by Crippen LogP contribution is 2.30. The van der Waals surface area contributed by atoms with Crippen LogP contribution in [0.4, 0.5) is 13.6 Å². The van der Waals surface area contributed by atoms with Gasteiger partial charge in [0.05, 0.1) is 37.0 Å². The summed E-state index contributed by atoms with van der Waals surface area (Å²) in [5.41, 5.74) is 3.05. The summed E-state index contributed by atoms with van der Waals surface area (Å²) in [7, 11) is 1.71. The monoisotopic (exact) mass is 666 g/mol. The van der Waals surface area contributed by atoms with Gasteiger partial charge in [0.25, 0.3) is 12.0 Å². The molecule has 1 aliphatic heterocycles. The van der Waals surface area contributed by atoms with Crippen LogP contribution in [0.1, 0.15) is 24.0 Å². The number of alkyl carbamates (subject to hydrolysis) is 1. The van der Waals surface area contributed by atoms with Crippen LogP contribution in [0, 0.1) is 0 Å². The van der Waals surface area contributed by atoms with Crippen LogP contribution < -0.4 is 10.9 Å². The SMILES string of the molecule is Cn1nc2c(=O)n(CC3(O)CCN(Cc4ccc(-c5ccco5)cc4Cl)CC3)cnc2c1-c1ccc(COC(=O)NCC(F)F)cc1. The van der Waals surface area contributed by atoms with Gasteiger partial charge in [-0.2, -0.15) is 5.10 Å². The third kappa shape index (κ3) is 7.37. The predicted molar refractivity (Wildman–Crippen MR) is 171 cm³/mol. The Labute approximate surface area is 273 Å². The van der Waals surface area contributed by atoms with Crippen molar-refractivity contribution in [3.05, 3.63) is 93.7 Å². The van der Waals surface area contributed by atoms with Crippen molar-refractivity contribution in [3.8, 4) is 22.6 Å². The summed E-state index contributed by atoms with van der Waals surface area (Å²) in [5, 5.41) is 18.5. The molecule has 1 fully saturated rings. The minimum Gasteiger partial charge on any atom is -0.464 e. The number of hydrogen-bond donors (Lipinski definition) is 2. The Kier molecular flexibility index (Phi) is 9.39. The molecule has 0 bridgehead atoms. The number of nitrogens with one attached hydrogen (secondary N) is 1. The van der Waals surface area contributed by atoms with E-state index in [4.69, 9.17) is 20.8 Å². The van der Waals surface area contributed by atoms with Crippen LogP contribution in [0.5, 0.6) is 0 Å². The Balaban J connectivity index is 1.09. The number of carbonyl (C=O) groups excluding carboxylic acids is 1. The summed E-state index contributed by atoms with van der Waals surface area (Å²) >= 11 is 6.59. The van der Waals surface area contributed by atoms with Crippen LogP contribution in [0.25, 0.3) is 33.6 Å². The lowest BCUT2D eigenvalue weighted by molar-refractivity contribution is -0.0364. The van der Waals surface area contributed by atoms with Crippen molar-refractivity contribution in [2.24, 2.45) is 7.05 Å². The molecule has 1 saturated heterocycles. The molecule has 1 amide bonds. The zero-order valence-electron chi connectivity index (χ0n) is 25.5. The average Bonchev–Trinajstić information content (AvgIpc) is 3.71. The van der Waals surface area contributed by atoms with Crippen molar-refractivity contribution < 1.29 is 27.8 Å². The van der Waals surface area contributed by atoms with Crippen LogP contribution in [-0.2, 0) is 31.5 Å². The minimum atomic E-state index is -2.66. The molecule has 0 spiro atoms. The number of fused-ring (bicyclic) bond motifs is 1. The summed E-state index contributed by atoms with van der Waals surface area (Å²) in [4.78, 5) is 31.8. The van der Waals surface area contributed by atoms with E-state index in [1.807, 2.05) is 35.6 Å². The lowest BCUT2D eigenvalue weighted by atomic mass is 9.91. The van der Waals surface area contributed by atoms with E-state index >= 15 is 0 Å². The van der Waals surface area contributed by atoms with E-state index in [1.54, 1.807) is 42.3 Å². The molecule has 0 radical (unpaired) electrons. The maximum absolute atomic E-state index is 13.5. The van der Waals surface area contributed by atoms with Gasteiger partial charge in [0.15, 0.2) is 5.52 Å². The second kappa shape index (κ2) is 13.6. The molecule has 11 nitrogen and oxygen atoms in total. The lowest BCUT2D eigenvalue weighted by Gasteiger charge is -2.38. The van der Waals surface area contributed by atoms with Crippen molar-refractivity contribution in [2.45, 2.75) is 44.6 Å². The normalized spacial score (nSPS) is 14.9. The molecule has 4 heterocycles. The third-order valence-corrected chi connectivity index (χ3v) is 8.67. The Morgan fingerprint density at radius 1 is 1.13 bits per heavy atom. The number of aliphatic hydroxyl groups is 1. The Morgan fingerprint density at radius 3 is 2.55 bits per heavy atom. The number of likely N-dealkylation sites (tertiary alicyclic amines) is 1. The number of carbonyl (C=O) groups is 1. The molecule has 1 aliphatic rings. The summed E-state index contributed by atoms with van der Waals surface area (Å²) in [6, 6.07) is 16.6. The van der Waals surface area contributed by atoms with Gasteiger partial charge in [0, 0.05) is 42.8 Å². The number of amides is 1. The second-order valence-corrected chi connectivity index (χ2v) is 12.1. The van der Waals surface area contributed by atoms with Crippen molar-refractivity contribution in [1.82, 2.24) is 29.5 Å². The zero-order chi connectivity index (χ0) is 33.1. The van der Waals surface area contributed by atoms with Crippen molar-refractivity contribution in [1.29, 1.82) is 0 Å². The average molecular weight is 667 g/mol. The molecule has 2 aromatic carbocycles. The lowest BCUT2D eigenvalue weighted by Crippen LogP contribution is -2.47. The summed E-state index contributed by atoms with van der Waals surface area (Å²) in [6.45, 7) is 1.11. The van der Waals surface area contributed by atoms with Crippen molar-refractivity contribution >= 4 is 28.7 Å². The first-order valence-corrected chi connectivity index (χ1v) is 15.4. The maximum atomic E-state index is 13.5. The van der Waals surface area contributed by atoms with Gasteiger partial charge < -0.3 is 19.6 Å². The van der Waals surface area contributed by atoms with Crippen molar-refractivity contribution in [3.63, 3.8) is 0 Å². The summed E-state index contributed by atoms with van der Waals surface area (Å²) in [5.74, 6) is 0.754. The van der Waals surface area contributed by atoms with Gasteiger partial charge in [-0.25, -0.2) is 18.6 Å². The van der Waals surface area contributed by atoms with Gasteiger partial charge in [-0.15, -0.1) is 0 Å². The van der Waals surface area contributed by atoms with Crippen LogP contribution in [0.2, 0.25) is 5.02 Å². The fourth-order valence-corrected chi connectivity index (χ4v) is 6.01. The standard InChI is InChI=1S/C33H33ClF2N6O5/c1-40-30(22-6-4-21(5-7-22)18-47-32(44)37-16-27(35)36)28-29(39-40)31(43)42(20-38-28)19-33(45)10-12-41(13-11-33)17-24-9-8-23(15-25(24)34)26-3-2-14-46-26/h2-9,14-15,20,27,45H,10-13,16-19H2,1H3,(H,37,44). The Bertz CT molecular complexity index is 1920. The largest absolute Gasteiger partial charge is 0.464 e. The molecular weight excluding hydrogens is 634 g/mol. The smallest absolute Gasteiger partial charge is 0.407 e. The molecule has 0 aliphatic carbocycles. The number of nitrogens with zero attached hydrogens (tertiary/aromatic N) is 5. The Hall–Kier alpha value is -4.59. The minimum absolute atomic E-state index is 0.0900. The molecule has 47 heavy (non-hydrogen) atoms. The fourth-order valence-electron chi connectivity index (χ4n) is 5.77. The van der Waals surface area contributed by atoms with Crippen LogP contribution in [0.15, 0.2) is 76.4 Å². The quantitative estimate of drug-likeness (QED) is 0.208. The number of benzene rings is 2. The first kappa shape index (κ1) is 32.4. The zero-order valence-corrected chi connectivity index (χ0v) is 26.3. The number of aryl methyl sites for hydroxylation is 1. The van der Waals surface area contributed by atoms with Crippen molar-refractivity contribution in [2.75, 3.05) is 19.6 Å². The summed E-state index contributed by atoms with van der Waals surface area (Å²) in [6.07, 6.45) is 0.416. The number of hydrogen-bond acceptors (Lipinski definition) is 8. The number of piperidine rings is 1. The molecule has 5 aromatic rings. The third-order valence-electron chi connectivity index (χ3n) is 8.31. The van der Waals surface area contributed by atoms with Gasteiger partial charge in [-0.3, -0.25) is 18.9 Å². The molecule has 3 aromatic heterocycles. The molecule has 2 N–H and O–H groups in total. The van der Waals surface area contributed by atoms with Gasteiger partial charge in [-0.05, 0) is 42.2 Å². The highest BCUT2D eigenvalue weighted by Gasteiger charge is 2.33. The number of furan rings is 1. The van der Waals surface area contributed by atoms with Crippen LogP contribution in [-0.4, -0.2) is 67.1 Å². The number of halogens is 3. The number of alkyl halides is 2. The highest BCUT2D eigenvalue weighted by atomic mass is 35.5. The van der Waals surface area contributed by atoms with E-state index in [0.717, 1.165) is 22.5 Å². The first-order valence-electron chi connectivity index (χ1n) is 15.1. The van der Waals surface area contributed by atoms with E-state index in [2.05, 4.69) is 15.0 Å². The molecule has 14 heteroatoms. The van der Waals surface area contributed by atoms with Crippen LogP contribution in [0.3, 0.4) is 0 Å². The van der Waals surface area contributed by atoms with E-state index in [9.17, 15) is 23.5 Å². The molecule has 246 valence electrons.